The predicted octanol–water partition coefficient (Wildman–Crippen LogP) is 2.97. The van der Waals surface area contributed by atoms with Gasteiger partial charge in [0, 0.05) is 38.6 Å². The Balaban J connectivity index is 0.00000420. The summed E-state index contributed by atoms with van der Waals surface area (Å²) in [6.07, 6.45) is 3.08. The van der Waals surface area contributed by atoms with Crippen LogP contribution in [0.2, 0.25) is 5.02 Å². The number of methoxy groups -OCH3 is 1. The Morgan fingerprint density at radius 2 is 1.93 bits per heavy atom. The first-order chi connectivity index (χ1) is 13.5. The van der Waals surface area contributed by atoms with Crippen molar-refractivity contribution in [3.8, 4) is 5.75 Å². The molecule has 0 radical (unpaired) electrons. The van der Waals surface area contributed by atoms with Gasteiger partial charge in [-0.25, -0.2) is 4.99 Å². The third-order valence-electron chi connectivity index (χ3n) is 4.06. The molecule has 0 bridgehead atoms. The van der Waals surface area contributed by atoms with Crippen LogP contribution in [0.5, 0.6) is 5.75 Å². The van der Waals surface area contributed by atoms with Crippen LogP contribution >= 0.6 is 35.6 Å². The number of ether oxygens (including phenoxy) is 1. The van der Waals surface area contributed by atoms with Crippen molar-refractivity contribution >= 4 is 47.4 Å². The average Bonchev–Trinajstić information content (AvgIpc) is 3.19. The van der Waals surface area contributed by atoms with Gasteiger partial charge in [-0.2, -0.15) is 0 Å². The van der Waals surface area contributed by atoms with Gasteiger partial charge in [-0.15, -0.1) is 24.0 Å². The number of hydrogen-bond acceptors (Lipinski definition) is 4. The van der Waals surface area contributed by atoms with Crippen molar-refractivity contribution in [1.29, 1.82) is 0 Å². The highest BCUT2D eigenvalue weighted by Crippen LogP contribution is 2.22. The third-order valence-corrected chi connectivity index (χ3v) is 4.41. The summed E-state index contributed by atoms with van der Waals surface area (Å²) in [5.41, 5.74) is 1.01. The fourth-order valence-electron chi connectivity index (χ4n) is 2.39. The summed E-state index contributed by atoms with van der Waals surface area (Å²) < 4.78 is 10.5. The number of amides is 1. The summed E-state index contributed by atoms with van der Waals surface area (Å²) in [7, 11) is 5.03. The lowest BCUT2D eigenvalue weighted by molar-refractivity contribution is -0.127. The van der Waals surface area contributed by atoms with Crippen LogP contribution in [-0.4, -0.2) is 57.6 Å². The molecule has 1 aromatic carbocycles. The zero-order chi connectivity index (χ0) is 20.4. The van der Waals surface area contributed by atoms with Crippen LogP contribution in [0, 0.1) is 0 Å². The number of guanidine groups is 1. The molecule has 0 fully saturated rings. The minimum Gasteiger partial charge on any atom is -0.497 e. The topological polar surface area (TPSA) is 79.1 Å². The highest BCUT2D eigenvalue weighted by atomic mass is 127. The molecule has 0 aliphatic carbocycles. The lowest BCUT2D eigenvalue weighted by Gasteiger charge is -2.14. The molecule has 2 N–H and O–H groups in total. The number of benzene rings is 1. The standard InChI is InChI=1S/C20H27ClN4O3.HI/c1-25(2)19(26)14-24-20(23-11-9-16-5-4-12-28-16)22-10-8-15-6-7-17(27-3)13-18(15)21;/h4-7,12-13H,8-11,14H2,1-3H3,(H2,22,23,24);1H. The van der Waals surface area contributed by atoms with Crippen LogP contribution in [0.3, 0.4) is 0 Å². The van der Waals surface area contributed by atoms with Gasteiger partial charge in [-0.1, -0.05) is 17.7 Å². The molecule has 0 saturated carbocycles. The SMILES string of the molecule is COc1ccc(CCNC(=NCC(=O)N(C)C)NCCc2ccco2)c(Cl)c1.I. The number of furan rings is 1. The Bertz CT molecular complexity index is 782. The molecule has 0 atom stereocenters. The number of nitrogens with one attached hydrogen (secondary N) is 2. The second kappa shape index (κ2) is 13.3. The quantitative estimate of drug-likeness (QED) is 0.294. The maximum atomic E-state index is 11.8. The molecule has 1 aromatic heterocycles. The molecule has 0 spiro atoms. The predicted molar refractivity (Wildman–Crippen MR) is 127 cm³/mol. The Hall–Kier alpha value is -1.94. The zero-order valence-corrected chi connectivity index (χ0v) is 20.0. The van der Waals surface area contributed by atoms with E-state index in [0.717, 1.165) is 23.5 Å². The number of hydrogen-bond donors (Lipinski definition) is 2. The molecule has 0 unspecified atom stereocenters. The van der Waals surface area contributed by atoms with Crippen LogP contribution in [0.15, 0.2) is 46.0 Å². The molecular formula is C20H28ClIN4O3. The van der Waals surface area contributed by atoms with E-state index in [4.69, 9.17) is 20.8 Å². The lowest BCUT2D eigenvalue weighted by atomic mass is 10.1. The number of carbonyl (C=O) groups is 1. The Kier molecular flexibility index (Phi) is 11.5. The molecule has 29 heavy (non-hydrogen) atoms. The second-order valence-corrected chi connectivity index (χ2v) is 6.75. The molecule has 0 saturated heterocycles. The van der Waals surface area contributed by atoms with Crippen molar-refractivity contribution in [2.45, 2.75) is 12.8 Å². The van der Waals surface area contributed by atoms with E-state index >= 15 is 0 Å². The molecule has 7 nitrogen and oxygen atoms in total. The molecule has 0 aliphatic heterocycles. The zero-order valence-electron chi connectivity index (χ0n) is 16.9. The molecule has 9 heteroatoms. The highest BCUT2D eigenvalue weighted by Gasteiger charge is 2.06. The molecular weight excluding hydrogens is 507 g/mol. The molecule has 2 aromatic rings. The van der Waals surface area contributed by atoms with Crippen molar-refractivity contribution in [2.75, 3.05) is 40.8 Å². The van der Waals surface area contributed by atoms with Gasteiger partial charge in [-0.3, -0.25) is 4.79 Å². The van der Waals surface area contributed by atoms with Crippen molar-refractivity contribution in [1.82, 2.24) is 15.5 Å². The molecule has 1 heterocycles. The molecule has 1 amide bonds. The largest absolute Gasteiger partial charge is 0.497 e. The number of rotatable bonds is 9. The van der Waals surface area contributed by atoms with E-state index in [2.05, 4.69) is 15.6 Å². The Morgan fingerprint density at radius 3 is 2.52 bits per heavy atom. The first-order valence-corrected chi connectivity index (χ1v) is 9.44. The molecule has 160 valence electrons. The molecule has 2 rings (SSSR count). The van der Waals surface area contributed by atoms with Crippen molar-refractivity contribution < 1.29 is 13.9 Å². The maximum Gasteiger partial charge on any atom is 0.243 e. The minimum absolute atomic E-state index is 0. The summed E-state index contributed by atoms with van der Waals surface area (Å²) in [5.74, 6) is 2.13. The number of carbonyl (C=O) groups excluding carboxylic acids is 1. The normalized spacial score (nSPS) is 10.8. The van der Waals surface area contributed by atoms with Crippen molar-refractivity contribution in [3.05, 3.63) is 52.9 Å². The lowest BCUT2D eigenvalue weighted by Crippen LogP contribution is -2.40. The number of nitrogens with zero attached hydrogens (tertiary/aromatic N) is 2. The average molecular weight is 535 g/mol. The van der Waals surface area contributed by atoms with E-state index < -0.39 is 0 Å². The summed E-state index contributed by atoms with van der Waals surface area (Å²) in [4.78, 5) is 17.7. The van der Waals surface area contributed by atoms with Crippen LogP contribution in [-0.2, 0) is 17.6 Å². The van der Waals surface area contributed by atoms with Gasteiger partial charge in [0.1, 0.15) is 18.1 Å². The second-order valence-electron chi connectivity index (χ2n) is 6.34. The van der Waals surface area contributed by atoms with Gasteiger partial charge in [0.05, 0.1) is 13.4 Å². The fraction of sp³-hybridized carbons (Fsp3) is 0.400. The fourth-order valence-corrected chi connectivity index (χ4v) is 2.66. The first kappa shape index (κ1) is 25.1. The van der Waals surface area contributed by atoms with E-state index in [1.54, 1.807) is 33.5 Å². The van der Waals surface area contributed by atoms with Crippen LogP contribution in [0.25, 0.3) is 0 Å². The summed E-state index contributed by atoms with van der Waals surface area (Å²) >= 11 is 6.29. The van der Waals surface area contributed by atoms with Gasteiger partial charge in [0.15, 0.2) is 5.96 Å². The van der Waals surface area contributed by atoms with Gasteiger partial charge >= 0.3 is 0 Å². The first-order valence-electron chi connectivity index (χ1n) is 9.06. The number of likely N-dealkylation sites (N-methyl/N-ethyl adjacent to an activating group) is 1. The van der Waals surface area contributed by atoms with E-state index in [1.807, 2.05) is 24.3 Å². The van der Waals surface area contributed by atoms with Gasteiger partial charge in [-0.05, 0) is 36.2 Å². The van der Waals surface area contributed by atoms with Gasteiger partial charge < -0.3 is 24.7 Å². The summed E-state index contributed by atoms with van der Waals surface area (Å²) in [5, 5.41) is 7.13. The van der Waals surface area contributed by atoms with Gasteiger partial charge in [0.2, 0.25) is 5.91 Å². The Labute approximate surface area is 193 Å². The van der Waals surface area contributed by atoms with Crippen LogP contribution in [0.4, 0.5) is 0 Å². The van der Waals surface area contributed by atoms with Gasteiger partial charge in [0.25, 0.3) is 0 Å². The van der Waals surface area contributed by atoms with Crippen LogP contribution in [0.1, 0.15) is 11.3 Å². The summed E-state index contributed by atoms with van der Waals surface area (Å²) in [6, 6.07) is 9.40. The smallest absolute Gasteiger partial charge is 0.243 e. The van der Waals surface area contributed by atoms with E-state index in [-0.39, 0.29) is 36.4 Å². The minimum atomic E-state index is -0.0645. The van der Waals surface area contributed by atoms with E-state index in [0.29, 0.717) is 30.5 Å². The highest BCUT2D eigenvalue weighted by molar-refractivity contribution is 14.0. The third kappa shape index (κ3) is 8.95. The maximum absolute atomic E-state index is 11.8. The van der Waals surface area contributed by atoms with Crippen LogP contribution < -0.4 is 15.4 Å². The van der Waals surface area contributed by atoms with Crippen molar-refractivity contribution in [2.24, 2.45) is 4.99 Å². The van der Waals surface area contributed by atoms with Crippen molar-refractivity contribution in [3.63, 3.8) is 0 Å². The monoisotopic (exact) mass is 534 g/mol. The van der Waals surface area contributed by atoms with E-state index in [9.17, 15) is 4.79 Å². The molecule has 0 aliphatic rings. The summed E-state index contributed by atoms with van der Waals surface area (Å²) in [6.45, 7) is 1.33. The van der Waals surface area contributed by atoms with E-state index in [1.165, 1.54) is 4.90 Å². The Morgan fingerprint density at radius 1 is 1.21 bits per heavy atom. The number of halogens is 2. The number of aliphatic imine (C=N–C) groups is 1.